The van der Waals surface area contributed by atoms with Crippen LogP contribution in [0.2, 0.25) is 0 Å². The number of nitrogens with zero attached hydrogens (tertiary/aromatic N) is 7. The van der Waals surface area contributed by atoms with Crippen molar-refractivity contribution in [3.05, 3.63) is 77.6 Å². The van der Waals surface area contributed by atoms with E-state index in [4.69, 9.17) is 5.11 Å². The van der Waals surface area contributed by atoms with Gasteiger partial charge in [-0.05, 0) is 24.3 Å². The van der Waals surface area contributed by atoms with Crippen LogP contribution in [0.4, 0.5) is 31.8 Å². The molecule has 0 bridgehead atoms. The first-order valence-electron chi connectivity index (χ1n) is 12.4. The summed E-state index contributed by atoms with van der Waals surface area (Å²) in [5, 5.41) is 14.5. The van der Waals surface area contributed by atoms with Gasteiger partial charge in [0.1, 0.15) is 17.5 Å². The number of β-amino-alcohol motifs (C(OH)–C–C–N with tert-alkyl or cyclic N) is 1. The standard InChI is InChI=1S/C26H25F2N9O3/c1-2-21(39)32-16-5-6-29-20(13-16)37-15-31-25(40)17-14-30-26(34-24(17)37)33-18-3-4-19(23(28)22(18)27)36-9-7-35(8-10-36)11-12-38/h2-6,13-15,38H,1,7-12H2,(H,29,32,39)(H,30,33,34). The highest BCUT2D eigenvalue weighted by Gasteiger charge is 2.23. The fraction of sp³-hybridized carbons (Fsp3) is 0.231. The number of fused-ring (bicyclic) bond motifs is 1. The molecule has 1 amide bonds. The fourth-order valence-electron chi connectivity index (χ4n) is 4.35. The zero-order chi connectivity index (χ0) is 28.2. The van der Waals surface area contributed by atoms with Crippen molar-refractivity contribution in [2.75, 3.05) is 54.9 Å². The van der Waals surface area contributed by atoms with E-state index in [1.165, 1.54) is 35.4 Å². The van der Waals surface area contributed by atoms with Gasteiger partial charge in [0.25, 0.3) is 5.56 Å². The van der Waals surface area contributed by atoms with Crippen LogP contribution in [0.5, 0.6) is 0 Å². The smallest absolute Gasteiger partial charge is 0.283 e. The molecule has 3 N–H and O–H groups in total. The number of carbonyl (C=O) groups is 1. The number of rotatable bonds is 8. The lowest BCUT2D eigenvalue weighted by Gasteiger charge is -2.36. The Morgan fingerprint density at radius 2 is 1.90 bits per heavy atom. The monoisotopic (exact) mass is 549 g/mol. The molecule has 0 radical (unpaired) electrons. The minimum atomic E-state index is -1.10. The summed E-state index contributed by atoms with van der Waals surface area (Å²) < 4.78 is 31.6. The Bertz CT molecular complexity index is 1640. The molecular weight excluding hydrogens is 524 g/mol. The number of amides is 1. The molecule has 1 aliphatic heterocycles. The number of hydrogen-bond donors (Lipinski definition) is 3. The topological polar surface area (TPSA) is 141 Å². The summed E-state index contributed by atoms with van der Waals surface area (Å²) in [7, 11) is 0. The molecule has 0 unspecified atom stereocenters. The van der Waals surface area contributed by atoms with Crippen molar-refractivity contribution in [2.24, 2.45) is 0 Å². The summed E-state index contributed by atoms with van der Waals surface area (Å²) in [5.41, 5.74) is -0.109. The van der Waals surface area contributed by atoms with Gasteiger partial charge in [-0.3, -0.25) is 19.1 Å². The van der Waals surface area contributed by atoms with E-state index in [1.54, 1.807) is 17.0 Å². The Morgan fingerprint density at radius 1 is 1.10 bits per heavy atom. The van der Waals surface area contributed by atoms with Gasteiger partial charge >= 0.3 is 0 Å². The molecule has 40 heavy (non-hydrogen) atoms. The van der Waals surface area contributed by atoms with Gasteiger partial charge in [-0.2, -0.15) is 9.97 Å². The number of aliphatic hydroxyl groups excluding tert-OH is 1. The van der Waals surface area contributed by atoms with Gasteiger partial charge in [0, 0.05) is 56.9 Å². The molecule has 4 aromatic rings. The van der Waals surface area contributed by atoms with Crippen molar-refractivity contribution in [1.82, 2.24) is 29.4 Å². The van der Waals surface area contributed by atoms with E-state index in [-0.39, 0.29) is 40.8 Å². The number of hydrogen-bond acceptors (Lipinski definition) is 10. The van der Waals surface area contributed by atoms with Gasteiger partial charge in [0.2, 0.25) is 11.9 Å². The second-order valence-electron chi connectivity index (χ2n) is 8.88. The molecule has 0 aliphatic carbocycles. The third kappa shape index (κ3) is 5.48. The number of halogens is 2. The average molecular weight is 550 g/mol. The first kappa shape index (κ1) is 26.8. The molecule has 4 heterocycles. The molecule has 1 fully saturated rings. The average Bonchev–Trinajstić information content (AvgIpc) is 2.96. The molecule has 14 heteroatoms. The highest BCUT2D eigenvalue weighted by Crippen LogP contribution is 2.29. The lowest BCUT2D eigenvalue weighted by molar-refractivity contribution is -0.111. The molecule has 3 aromatic heterocycles. The van der Waals surface area contributed by atoms with Gasteiger partial charge in [0.05, 0.1) is 18.0 Å². The van der Waals surface area contributed by atoms with Crippen LogP contribution in [0.3, 0.4) is 0 Å². The molecular formula is C26H25F2N9O3. The first-order chi connectivity index (χ1) is 19.4. The van der Waals surface area contributed by atoms with Crippen molar-refractivity contribution in [3.8, 4) is 5.82 Å². The lowest BCUT2D eigenvalue weighted by Crippen LogP contribution is -2.47. The highest BCUT2D eigenvalue weighted by atomic mass is 19.2. The first-order valence-corrected chi connectivity index (χ1v) is 12.4. The van der Waals surface area contributed by atoms with E-state index in [2.05, 4.69) is 42.0 Å². The predicted molar refractivity (Wildman–Crippen MR) is 145 cm³/mol. The molecule has 0 atom stereocenters. The molecule has 0 saturated carbocycles. The van der Waals surface area contributed by atoms with E-state index in [9.17, 15) is 9.59 Å². The van der Waals surface area contributed by atoms with Crippen LogP contribution < -0.4 is 21.1 Å². The van der Waals surface area contributed by atoms with Gasteiger partial charge in [-0.15, -0.1) is 0 Å². The lowest BCUT2D eigenvalue weighted by atomic mass is 10.2. The molecule has 206 valence electrons. The number of benzene rings is 1. The van der Waals surface area contributed by atoms with Crippen molar-refractivity contribution >= 4 is 40.0 Å². The van der Waals surface area contributed by atoms with Crippen molar-refractivity contribution in [1.29, 1.82) is 0 Å². The minimum Gasteiger partial charge on any atom is -0.395 e. The van der Waals surface area contributed by atoms with E-state index >= 15 is 8.78 Å². The number of pyridine rings is 1. The summed E-state index contributed by atoms with van der Waals surface area (Å²) in [6, 6.07) is 5.99. The summed E-state index contributed by atoms with van der Waals surface area (Å²) in [5.74, 6) is -2.34. The van der Waals surface area contributed by atoms with Gasteiger partial charge in [-0.25, -0.2) is 18.7 Å². The Balaban J connectivity index is 1.44. The Labute approximate surface area is 226 Å². The van der Waals surface area contributed by atoms with E-state index in [1.807, 2.05) is 0 Å². The van der Waals surface area contributed by atoms with Crippen molar-refractivity contribution in [3.63, 3.8) is 0 Å². The van der Waals surface area contributed by atoms with E-state index in [0.717, 1.165) is 6.08 Å². The molecule has 1 aliphatic rings. The van der Waals surface area contributed by atoms with Gasteiger partial charge in [-0.1, -0.05) is 6.58 Å². The summed E-state index contributed by atoms with van der Waals surface area (Å²) in [4.78, 5) is 44.4. The summed E-state index contributed by atoms with van der Waals surface area (Å²) in [6.07, 6.45) is 5.02. The van der Waals surface area contributed by atoms with Crippen LogP contribution >= 0.6 is 0 Å². The van der Waals surface area contributed by atoms with Crippen LogP contribution in [-0.2, 0) is 4.79 Å². The maximum atomic E-state index is 15.1. The largest absolute Gasteiger partial charge is 0.395 e. The molecule has 1 saturated heterocycles. The predicted octanol–water partition coefficient (Wildman–Crippen LogP) is 1.83. The number of aliphatic hydroxyl groups is 1. The van der Waals surface area contributed by atoms with Crippen molar-refractivity contribution < 1.29 is 18.7 Å². The molecule has 5 rings (SSSR count). The summed E-state index contributed by atoms with van der Waals surface area (Å²) >= 11 is 0. The Morgan fingerprint density at radius 3 is 2.65 bits per heavy atom. The SMILES string of the molecule is C=CC(=O)Nc1ccnc(-n2cnc(=O)c3cnc(Nc4ccc(N5CCN(CCO)CC5)c(F)c4F)nc32)c1. The van der Waals surface area contributed by atoms with Crippen LogP contribution in [0.1, 0.15) is 0 Å². The van der Waals surface area contributed by atoms with Crippen LogP contribution in [0, 0.1) is 11.6 Å². The third-order valence-electron chi connectivity index (χ3n) is 6.40. The van der Waals surface area contributed by atoms with Crippen LogP contribution in [-0.4, -0.2) is 79.7 Å². The normalized spacial score (nSPS) is 13.8. The molecule has 12 nitrogen and oxygen atoms in total. The molecule has 0 spiro atoms. The maximum Gasteiger partial charge on any atom is 0.283 e. The van der Waals surface area contributed by atoms with E-state index in [0.29, 0.717) is 38.4 Å². The Kier molecular flexibility index (Phi) is 7.70. The summed E-state index contributed by atoms with van der Waals surface area (Å²) in [6.45, 7) is 6.24. The fourth-order valence-corrected chi connectivity index (χ4v) is 4.35. The van der Waals surface area contributed by atoms with Gasteiger partial charge < -0.3 is 20.6 Å². The number of aromatic nitrogens is 5. The van der Waals surface area contributed by atoms with Crippen LogP contribution in [0.15, 0.2) is 60.4 Å². The number of nitrogens with one attached hydrogen (secondary N) is 2. The second kappa shape index (κ2) is 11.5. The Hall–Kier alpha value is -4.82. The molecule has 1 aromatic carbocycles. The number of carbonyl (C=O) groups excluding carboxylic acids is 1. The number of piperazine rings is 1. The van der Waals surface area contributed by atoms with E-state index < -0.39 is 23.1 Å². The quantitative estimate of drug-likeness (QED) is 0.279. The van der Waals surface area contributed by atoms with Gasteiger partial charge in [0.15, 0.2) is 17.3 Å². The number of anilines is 4. The minimum absolute atomic E-state index is 0.0453. The zero-order valence-electron chi connectivity index (χ0n) is 21.2. The zero-order valence-corrected chi connectivity index (χ0v) is 21.2. The maximum absolute atomic E-state index is 15.1. The van der Waals surface area contributed by atoms with Crippen molar-refractivity contribution in [2.45, 2.75) is 0 Å². The van der Waals surface area contributed by atoms with Crippen LogP contribution in [0.25, 0.3) is 16.9 Å². The highest BCUT2D eigenvalue weighted by molar-refractivity contribution is 5.99. The third-order valence-corrected chi connectivity index (χ3v) is 6.40. The second-order valence-corrected chi connectivity index (χ2v) is 8.88.